The predicted octanol–water partition coefficient (Wildman–Crippen LogP) is 6.74. The Bertz CT molecular complexity index is 915. The molecule has 0 bridgehead atoms. The van der Waals surface area contributed by atoms with Crippen LogP contribution in [0.4, 0.5) is 0 Å². The van der Waals surface area contributed by atoms with Crippen LogP contribution in [0, 0.1) is 0 Å². The molecule has 0 aliphatic carbocycles. The molecule has 4 heteroatoms. The van der Waals surface area contributed by atoms with Crippen LogP contribution in [0.25, 0.3) is 31.2 Å². The summed E-state index contributed by atoms with van der Waals surface area (Å²) in [6.45, 7) is 4.47. The first-order valence-corrected chi connectivity index (χ1v) is 10.5. The molecule has 2 heterocycles. The number of nitrogens with zero attached hydrogens (tertiary/aromatic N) is 2. The van der Waals surface area contributed by atoms with E-state index in [1.54, 1.807) is 0 Å². The smallest absolute Gasteiger partial charge is 0.0938 e. The van der Waals surface area contributed by atoms with Crippen molar-refractivity contribution < 1.29 is 0 Å². The molecule has 2 aromatic carbocycles. The molecule has 0 fully saturated rings. The van der Waals surface area contributed by atoms with E-state index in [0.29, 0.717) is 0 Å². The summed E-state index contributed by atoms with van der Waals surface area (Å²) in [4.78, 5) is 9.87. The molecule has 4 aromatic rings. The van der Waals surface area contributed by atoms with Crippen molar-refractivity contribution >= 4 is 53.9 Å². The normalized spacial score (nSPS) is 11.9. The Kier molecular flexibility index (Phi) is 4.51. The number of hydrogen-bond donors (Lipinski definition) is 0. The Hall–Kier alpha value is -1.52. The summed E-state index contributed by atoms with van der Waals surface area (Å²) in [7, 11) is 0. The topological polar surface area (TPSA) is 25.8 Å². The van der Waals surface area contributed by atoms with Crippen molar-refractivity contribution in [3.8, 4) is 0 Å². The van der Waals surface area contributed by atoms with Crippen molar-refractivity contribution in [2.75, 3.05) is 0 Å². The minimum absolute atomic E-state index is 1.09. The van der Waals surface area contributed by atoms with Gasteiger partial charge in [-0.05, 0) is 37.8 Å². The van der Waals surface area contributed by atoms with E-state index in [-0.39, 0.29) is 0 Å². The van der Waals surface area contributed by atoms with Gasteiger partial charge in [-0.25, -0.2) is 9.97 Å². The third-order valence-corrected chi connectivity index (χ3v) is 6.65. The van der Waals surface area contributed by atoms with Crippen molar-refractivity contribution in [3.05, 3.63) is 34.3 Å². The summed E-state index contributed by atoms with van der Waals surface area (Å²) in [5.74, 6) is 0. The molecule has 0 atom stereocenters. The Labute approximate surface area is 150 Å². The zero-order chi connectivity index (χ0) is 16.5. The molecule has 24 heavy (non-hydrogen) atoms. The van der Waals surface area contributed by atoms with Gasteiger partial charge in [0.15, 0.2) is 0 Å². The van der Waals surface area contributed by atoms with Crippen LogP contribution in [-0.4, -0.2) is 9.97 Å². The summed E-state index contributed by atoms with van der Waals surface area (Å²) in [5.41, 5.74) is 2.32. The lowest BCUT2D eigenvalue weighted by atomic mass is 10.1. The maximum atomic E-state index is 4.94. The molecule has 0 aliphatic heterocycles. The molecule has 0 aliphatic rings. The lowest BCUT2D eigenvalue weighted by Gasteiger charge is -1.99. The summed E-state index contributed by atoms with van der Waals surface area (Å²) in [5, 5.41) is 5.04. The lowest BCUT2D eigenvalue weighted by molar-refractivity contribution is 0.791. The first-order chi connectivity index (χ1) is 11.8. The van der Waals surface area contributed by atoms with Gasteiger partial charge >= 0.3 is 0 Å². The van der Waals surface area contributed by atoms with E-state index in [2.05, 4.69) is 38.1 Å². The fourth-order valence-electron chi connectivity index (χ4n) is 3.15. The van der Waals surface area contributed by atoms with Gasteiger partial charge in [-0.1, -0.05) is 38.8 Å². The average Bonchev–Trinajstić information content (AvgIpc) is 3.20. The number of aromatic nitrogens is 2. The molecule has 2 nitrogen and oxygen atoms in total. The highest BCUT2D eigenvalue weighted by Crippen LogP contribution is 2.35. The van der Waals surface area contributed by atoms with Gasteiger partial charge in [-0.15, -0.1) is 22.7 Å². The fraction of sp³-hybridized carbons (Fsp3) is 0.400. The van der Waals surface area contributed by atoms with Crippen LogP contribution >= 0.6 is 22.7 Å². The number of rotatable bonds is 6. The van der Waals surface area contributed by atoms with E-state index in [0.717, 1.165) is 23.9 Å². The second-order valence-electron chi connectivity index (χ2n) is 6.34. The van der Waals surface area contributed by atoms with Crippen molar-refractivity contribution in [2.24, 2.45) is 0 Å². The van der Waals surface area contributed by atoms with Crippen molar-refractivity contribution in [3.63, 3.8) is 0 Å². The highest BCUT2D eigenvalue weighted by Gasteiger charge is 2.12. The number of unbranched alkanes of at least 4 members (excludes halogenated alkanes) is 2. The molecule has 2 aromatic heterocycles. The molecule has 0 N–H and O–H groups in total. The van der Waals surface area contributed by atoms with Crippen LogP contribution in [0.1, 0.15) is 49.5 Å². The Balaban J connectivity index is 1.85. The largest absolute Gasteiger partial charge is 0.241 e. The molecule has 0 unspecified atom stereocenters. The molecule has 0 spiro atoms. The maximum Gasteiger partial charge on any atom is 0.0938 e. The SMILES string of the molecule is CCCCc1nc2c(ccc3c2ccc2sc(CCCC)nc23)s1. The standard InChI is InChI=1S/C20H22N2S2/c1-3-5-7-17-21-19-13-10-12-16-20(14(13)9-11-15(19)23-17)22-18(24-16)8-6-4-2/h9-12H,3-8H2,1-2H3. The van der Waals surface area contributed by atoms with Crippen LogP contribution in [0.2, 0.25) is 0 Å². The number of hydrogen-bond acceptors (Lipinski definition) is 4. The van der Waals surface area contributed by atoms with E-state index in [4.69, 9.17) is 9.97 Å². The molecule has 0 amide bonds. The molecule has 0 radical (unpaired) electrons. The van der Waals surface area contributed by atoms with Gasteiger partial charge in [-0.3, -0.25) is 0 Å². The van der Waals surface area contributed by atoms with Crippen molar-refractivity contribution in [1.82, 2.24) is 9.97 Å². The van der Waals surface area contributed by atoms with Crippen LogP contribution in [-0.2, 0) is 12.8 Å². The first kappa shape index (κ1) is 16.0. The second kappa shape index (κ2) is 6.77. The summed E-state index contributed by atoms with van der Waals surface area (Å²) in [6.07, 6.45) is 7.06. The van der Waals surface area contributed by atoms with Gasteiger partial charge in [0.2, 0.25) is 0 Å². The lowest BCUT2D eigenvalue weighted by Crippen LogP contribution is -1.83. The van der Waals surface area contributed by atoms with Gasteiger partial charge in [0, 0.05) is 10.8 Å². The first-order valence-electron chi connectivity index (χ1n) is 8.90. The average molecular weight is 355 g/mol. The maximum absolute atomic E-state index is 4.94. The molecular formula is C20H22N2S2. The second-order valence-corrected chi connectivity index (χ2v) is 8.57. The highest BCUT2D eigenvalue weighted by molar-refractivity contribution is 7.19. The van der Waals surface area contributed by atoms with Gasteiger partial charge in [0.25, 0.3) is 0 Å². The van der Waals surface area contributed by atoms with Gasteiger partial charge in [0.1, 0.15) is 0 Å². The molecule has 124 valence electrons. The van der Waals surface area contributed by atoms with Crippen LogP contribution in [0.3, 0.4) is 0 Å². The van der Waals surface area contributed by atoms with E-state index in [9.17, 15) is 0 Å². The van der Waals surface area contributed by atoms with E-state index in [1.807, 2.05) is 22.7 Å². The number of fused-ring (bicyclic) bond motifs is 5. The third-order valence-electron chi connectivity index (χ3n) is 4.49. The Morgan fingerprint density at radius 2 is 1.17 bits per heavy atom. The van der Waals surface area contributed by atoms with E-state index < -0.39 is 0 Å². The van der Waals surface area contributed by atoms with Crippen molar-refractivity contribution in [2.45, 2.75) is 52.4 Å². The monoisotopic (exact) mass is 354 g/mol. The molecular weight excluding hydrogens is 332 g/mol. The van der Waals surface area contributed by atoms with E-state index in [1.165, 1.54) is 55.9 Å². The zero-order valence-corrected chi connectivity index (χ0v) is 15.9. The van der Waals surface area contributed by atoms with Crippen LogP contribution < -0.4 is 0 Å². The summed E-state index contributed by atoms with van der Waals surface area (Å²) >= 11 is 3.69. The summed E-state index contributed by atoms with van der Waals surface area (Å²) in [6, 6.07) is 8.95. The van der Waals surface area contributed by atoms with Crippen molar-refractivity contribution in [1.29, 1.82) is 0 Å². The summed E-state index contributed by atoms with van der Waals surface area (Å²) < 4.78 is 2.60. The number of aryl methyl sites for hydroxylation is 2. The minimum Gasteiger partial charge on any atom is -0.241 e. The molecule has 0 saturated carbocycles. The molecule has 4 rings (SSSR count). The third kappa shape index (κ3) is 2.82. The Morgan fingerprint density at radius 3 is 1.58 bits per heavy atom. The van der Waals surface area contributed by atoms with E-state index >= 15 is 0 Å². The Morgan fingerprint density at radius 1 is 0.708 bits per heavy atom. The quantitative estimate of drug-likeness (QED) is 0.383. The molecule has 0 saturated heterocycles. The predicted molar refractivity (Wildman–Crippen MR) is 108 cm³/mol. The van der Waals surface area contributed by atoms with Gasteiger partial charge in [-0.2, -0.15) is 0 Å². The zero-order valence-electron chi connectivity index (χ0n) is 14.3. The van der Waals surface area contributed by atoms with Crippen LogP contribution in [0.15, 0.2) is 24.3 Å². The van der Waals surface area contributed by atoms with Gasteiger partial charge in [0.05, 0.1) is 30.4 Å². The van der Waals surface area contributed by atoms with Gasteiger partial charge < -0.3 is 0 Å². The number of benzene rings is 2. The fourth-order valence-corrected chi connectivity index (χ4v) is 5.20. The highest BCUT2D eigenvalue weighted by atomic mass is 32.1. The number of thiazole rings is 2. The minimum atomic E-state index is 1.09. The van der Waals surface area contributed by atoms with Crippen LogP contribution in [0.5, 0.6) is 0 Å².